The molecule has 2 rings (SSSR count). The van der Waals surface area contributed by atoms with Crippen LogP contribution in [0.25, 0.3) is 0 Å². The number of hydrogen-bond acceptors (Lipinski definition) is 3. The van der Waals surface area contributed by atoms with Gasteiger partial charge in [0.1, 0.15) is 0 Å². The summed E-state index contributed by atoms with van der Waals surface area (Å²) in [6.45, 7) is 11.0. The monoisotopic (exact) mass is 267 g/mol. The Kier molecular flexibility index (Phi) is 6.11. The summed E-state index contributed by atoms with van der Waals surface area (Å²) in [5.74, 6) is 0.936. The van der Waals surface area contributed by atoms with Crippen LogP contribution in [0.4, 0.5) is 0 Å². The van der Waals surface area contributed by atoms with E-state index in [-0.39, 0.29) is 0 Å². The quantitative estimate of drug-likeness (QED) is 0.796. The summed E-state index contributed by atoms with van der Waals surface area (Å²) in [6, 6.07) is 1.55. The topological polar surface area (TPSA) is 18.5 Å². The van der Waals surface area contributed by atoms with E-state index >= 15 is 0 Å². The summed E-state index contributed by atoms with van der Waals surface area (Å²) in [7, 11) is 2.32. The Hall–Kier alpha value is -0.120. The van der Waals surface area contributed by atoms with Crippen molar-refractivity contribution in [2.45, 2.75) is 58.0 Å². The van der Waals surface area contributed by atoms with Crippen LogP contribution in [-0.2, 0) is 0 Å². The zero-order valence-electron chi connectivity index (χ0n) is 13.2. The molecular formula is C16H33N3. The van der Waals surface area contributed by atoms with Gasteiger partial charge in [0, 0.05) is 18.6 Å². The molecule has 2 fully saturated rings. The highest BCUT2D eigenvalue weighted by molar-refractivity contribution is 4.89. The second-order valence-electron chi connectivity index (χ2n) is 6.68. The number of rotatable bonds is 6. The summed E-state index contributed by atoms with van der Waals surface area (Å²) in [5, 5.41) is 3.60. The van der Waals surface area contributed by atoms with Gasteiger partial charge in [0.15, 0.2) is 0 Å². The van der Waals surface area contributed by atoms with E-state index in [2.05, 4.69) is 36.0 Å². The molecule has 112 valence electrons. The number of piperidine rings is 2. The van der Waals surface area contributed by atoms with E-state index in [1.165, 1.54) is 58.3 Å². The Labute approximate surface area is 119 Å². The van der Waals surface area contributed by atoms with Gasteiger partial charge in [-0.05, 0) is 78.2 Å². The van der Waals surface area contributed by atoms with Crippen molar-refractivity contribution in [3.63, 3.8) is 0 Å². The molecule has 2 heterocycles. The smallest absolute Gasteiger partial charge is 0.0145 e. The van der Waals surface area contributed by atoms with Gasteiger partial charge in [0.25, 0.3) is 0 Å². The Balaban J connectivity index is 1.69. The van der Waals surface area contributed by atoms with Crippen LogP contribution in [0.5, 0.6) is 0 Å². The molecule has 0 aromatic rings. The van der Waals surface area contributed by atoms with Gasteiger partial charge in [-0.3, -0.25) is 0 Å². The molecule has 3 unspecified atom stereocenters. The fraction of sp³-hybridized carbons (Fsp3) is 1.00. The minimum atomic E-state index is 0.673. The van der Waals surface area contributed by atoms with Gasteiger partial charge in [0.2, 0.25) is 0 Å². The number of fused-ring (bicyclic) bond motifs is 1. The molecule has 19 heavy (non-hydrogen) atoms. The molecule has 0 saturated carbocycles. The first-order valence-electron chi connectivity index (χ1n) is 8.36. The zero-order chi connectivity index (χ0) is 13.7. The van der Waals surface area contributed by atoms with E-state index in [1.54, 1.807) is 0 Å². The molecule has 2 aliphatic heterocycles. The fourth-order valence-corrected chi connectivity index (χ4v) is 3.80. The van der Waals surface area contributed by atoms with E-state index in [0.29, 0.717) is 6.04 Å². The van der Waals surface area contributed by atoms with Gasteiger partial charge in [-0.15, -0.1) is 0 Å². The third-order valence-electron chi connectivity index (χ3n) is 5.05. The van der Waals surface area contributed by atoms with Gasteiger partial charge in [-0.1, -0.05) is 6.92 Å². The average molecular weight is 267 g/mol. The van der Waals surface area contributed by atoms with E-state index in [1.807, 2.05) is 0 Å². The normalized spacial score (nSPS) is 31.1. The van der Waals surface area contributed by atoms with Crippen molar-refractivity contribution in [2.75, 3.05) is 39.8 Å². The maximum Gasteiger partial charge on any atom is 0.0145 e. The largest absolute Gasteiger partial charge is 0.314 e. The second kappa shape index (κ2) is 7.61. The molecule has 2 saturated heterocycles. The fourth-order valence-electron chi connectivity index (χ4n) is 3.80. The number of nitrogens with one attached hydrogen (secondary N) is 1. The highest BCUT2D eigenvalue weighted by Gasteiger charge is 2.33. The van der Waals surface area contributed by atoms with Crippen LogP contribution in [0.3, 0.4) is 0 Å². The first-order chi connectivity index (χ1) is 9.20. The number of likely N-dealkylation sites (tertiary alicyclic amines) is 2. The first kappa shape index (κ1) is 15.3. The van der Waals surface area contributed by atoms with Crippen molar-refractivity contribution in [2.24, 2.45) is 5.92 Å². The van der Waals surface area contributed by atoms with Crippen molar-refractivity contribution < 1.29 is 0 Å². The standard InChI is InChI=1S/C16H33N3/c1-4-9-17-14(2)7-11-19-12-8-16-15(13-19)6-5-10-18(16)3/h14-17H,4-13H2,1-3H3. The van der Waals surface area contributed by atoms with Crippen LogP contribution in [0.1, 0.15) is 46.0 Å². The summed E-state index contributed by atoms with van der Waals surface area (Å²) < 4.78 is 0. The predicted octanol–water partition coefficient (Wildman–Crippen LogP) is 2.18. The van der Waals surface area contributed by atoms with Crippen LogP contribution in [0.2, 0.25) is 0 Å². The van der Waals surface area contributed by atoms with Crippen LogP contribution >= 0.6 is 0 Å². The predicted molar refractivity (Wildman–Crippen MR) is 82.6 cm³/mol. The highest BCUT2D eigenvalue weighted by Crippen LogP contribution is 2.29. The number of nitrogens with zero attached hydrogens (tertiary/aromatic N) is 2. The third-order valence-corrected chi connectivity index (χ3v) is 5.05. The SMILES string of the molecule is CCCNC(C)CCN1CCC2C(CCCN2C)C1. The van der Waals surface area contributed by atoms with Gasteiger partial charge < -0.3 is 15.1 Å². The van der Waals surface area contributed by atoms with Gasteiger partial charge in [0.05, 0.1) is 0 Å². The van der Waals surface area contributed by atoms with Crippen molar-refractivity contribution in [1.82, 2.24) is 15.1 Å². The molecule has 0 aliphatic carbocycles. The molecule has 2 aliphatic rings. The lowest BCUT2D eigenvalue weighted by atomic mass is 9.84. The van der Waals surface area contributed by atoms with Crippen LogP contribution in [0, 0.1) is 5.92 Å². The average Bonchev–Trinajstić information content (AvgIpc) is 2.43. The Morgan fingerprint density at radius 3 is 2.89 bits per heavy atom. The van der Waals surface area contributed by atoms with Crippen molar-refractivity contribution in [3.05, 3.63) is 0 Å². The van der Waals surface area contributed by atoms with Crippen LogP contribution in [-0.4, -0.2) is 61.7 Å². The van der Waals surface area contributed by atoms with E-state index in [4.69, 9.17) is 0 Å². The zero-order valence-corrected chi connectivity index (χ0v) is 13.2. The van der Waals surface area contributed by atoms with E-state index < -0.39 is 0 Å². The third kappa shape index (κ3) is 4.44. The summed E-state index contributed by atoms with van der Waals surface area (Å²) >= 11 is 0. The highest BCUT2D eigenvalue weighted by atomic mass is 15.2. The molecule has 3 heteroatoms. The first-order valence-corrected chi connectivity index (χ1v) is 8.36. The Bertz CT molecular complexity index is 256. The maximum absolute atomic E-state index is 3.60. The van der Waals surface area contributed by atoms with E-state index in [0.717, 1.165) is 18.5 Å². The van der Waals surface area contributed by atoms with Crippen molar-refractivity contribution in [3.8, 4) is 0 Å². The Morgan fingerprint density at radius 2 is 2.11 bits per heavy atom. The lowest BCUT2D eigenvalue weighted by Crippen LogP contribution is -2.53. The van der Waals surface area contributed by atoms with Crippen molar-refractivity contribution >= 4 is 0 Å². The minimum absolute atomic E-state index is 0.673. The minimum Gasteiger partial charge on any atom is -0.314 e. The molecule has 1 N–H and O–H groups in total. The van der Waals surface area contributed by atoms with Gasteiger partial charge in [-0.2, -0.15) is 0 Å². The molecule has 0 aromatic heterocycles. The van der Waals surface area contributed by atoms with Gasteiger partial charge >= 0.3 is 0 Å². The molecule has 0 spiro atoms. The van der Waals surface area contributed by atoms with Gasteiger partial charge in [-0.25, -0.2) is 0 Å². The van der Waals surface area contributed by atoms with Crippen LogP contribution < -0.4 is 5.32 Å². The Morgan fingerprint density at radius 1 is 1.26 bits per heavy atom. The van der Waals surface area contributed by atoms with Crippen molar-refractivity contribution in [1.29, 1.82) is 0 Å². The molecule has 0 radical (unpaired) electrons. The molecular weight excluding hydrogens is 234 g/mol. The second-order valence-corrected chi connectivity index (χ2v) is 6.68. The van der Waals surface area contributed by atoms with Crippen LogP contribution in [0.15, 0.2) is 0 Å². The molecule has 3 nitrogen and oxygen atoms in total. The summed E-state index contributed by atoms with van der Waals surface area (Å²) in [5.41, 5.74) is 0. The maximum atomic E-state index is 3.60. The summed E-state index contributed by atoms with van der Waals surface area (Å²) in [4.78, 5) is 5.32. The van der Waals surface area contributed by atoms with E-state index in [9.17, 15) is 0 Å². The number of hydrogen-bond donors (Lipinski definition) is 1. The lowest BCUT2D eigenvalue weighted by Gasteiger charge is -2.46. The molecule has 0 amide bonds. The lowest BCUT2D eigenvalue weighted by molar-refractivity contribution is 0.0374. The molecule has 3 atom stereocenters. The molecule has 0 bridgehead atoms. The molecule has 0 aromatic carbocycles. The summed E-state index contributed by atoms with van der Waals surface area (Å²) in [6.07, 6.45) is 6.78.